The fraction of sp³-hybridized carbons (Fsp3) is 0.520. The van der Waals surface area contributed by atoms with Crippen molar-refractivity contribution < 1.29 is 14.7 Å². The first-order chi connectivity index (χ1) is 15.1. The van der Waals surface area contributed by atoms with Gasteiger partial charge in [-0.25, -0.2) is 4.79 Å². The number of thiophene rings is 1. The minimum Gasteiger partial charge on any atom is -0.391 e. The predicted molar refractivity (Wildman–Crippen MR) is 131 cm³/mol. The number of aliphatic hydroxyl groups excluding tert-OH is 1. The zero-order chi connectivity index (χ0) is 23.8. The lowest BCUT2D eigenvalue weighted by atomic mass is 9.99. The molecule has 32 heavy (non-hydrogen) atoms. The van der Waals surface area contributed by atoms with Crippen molar-refractivity contribution >= 4 is 23.3 Å². The third-order valence-electron chi connectivity index (χ3n) is 5.45. The summed E-state index contributed by atoms with van der Waals surface area (Å²) in [7, 11) is 1.73. The van der Waals surface area contributed by atoms with Crippen LogP contribution in [0.5, 0.6) is 0 Å². The van der Waals surface area contributed by atoms with Crippen molar-refractivity contribution in [3.8, 4) is 0 Å². The Kier molecular flexibility index (Phi) is 9.72. The Morgan fingerprint density at radius 2 is 1.69 bits per heavy atom. The lowest BCUT2D eigenvalue weighted by molar-refractivity contribution is -0.125. The first kappa shape index (κ1) is 25.9. The van der Waals surface area contributed by atoms with Gasteiger partial charge in [-0.15, -0.1) is 11.3 Å². The van der Waals surface area contributed by atoms with Gasteiger partial charge in [0.2, 0.25) is 5.91 Å². The molecule has 0 aliphatic carbocycles. The molecule has 0 radical (unpaired) electrons. The molecule has 0 bridgehead atoms. The number of carbonyl (C=O) groups excluding carboxylic acids is 2. The van der Waals surface area contributed by atoms with E-state index in [2.05, 4.69) is 35.9 Å². The molecule has 1 aromatic heterocycles. The van der Waals surface area contributed by atoms with Crippen molar-refractivity contribution in [2.45, 2.75) is 71.7 Å². The molecule has 0 saturated carbocycles. The van der Waals surface area contributed by atoms with Gasteiger partial charge in [0.15, 0.2) is 0 Å². The van der Waals surface area contributed by atoms with Gasteiger partial charge in [-0.2, -0.15) is 0 Å². The van der Waals surface area contributed by atoms with Crippen LogP contribution in [0.3, 0.4) is 0 Å². The average molecular weight is 460 g/mol. The second kappa shape index (κ2) is 12.0. The van der Waals surface area contributed by atoms with Crippen LogP contribution in [-0.4, -0.2) is 47.2 Å². The summed E-state index contributed by atoms with van der Waals surface area (Å²) < 4.78 is 0. The summed E-state index contributed by atoms with van der Waals surface area (Å²) >= 11 is 1.70. The van der Waals surface area contributed by atoms with Gasteiger partial charge in [0, 0.05) is 18.5 Å². The van der Waals surface area contributed by atoms with Gasteiger partial charge in [-0.3, -0.25) is 4.79 Å². The van der Waals surface area contributed by atoms with Crippen molar-refractivity contribution in [1.29, 1.82) is 0 Å². The van der Waals surface area contributed by atoms with E-state index >= 15 is 0 Å². The van der Waals surface area contributed by atoms with Crippen LogP contribution >= 0.6 is 11.3 Å². The van der Waals surface area contributed by atoms with Crippen LogP contribution in [-0.2, 0) is 17.8 Å². The number of amides is 3. The van der Waals surface area contributed by atoms with E-state index in [0.717, 1.165) is 11.1 Å². The minimum atomic E-state index is -0.723. The summed E-state index contributed by atoms with van der Waals surface area (Å²) in [5.41, 5.74) is 2.11. The number of hydrogen-bond acceptors (Lipinski definition) is 4. The summed E-state index contributed by atoms with van der Waals surface area (Å²) in [6.07, 6.45) is -0.210. The van der Waals surface area contributed by atoms with Crippen LogP contribution < -0.4 is 10.6 Å². The Labute approximate surface area is 196 Å². The topological polar surface area (TPSA) is 81.7 Å². The summed E-state index contributed by atoms with van der Waals surface area (Å²) in [6.45, 7) is 10.2. The number of nitrogens with one attached hydrogen (secondary N) is 2. The highest BCUT2D eigenvalue weighted by molar-refractivity contribution is 7.10. The van der Waals surface area contributed by atoms with Crippen molar-refractivity contribution in [2.75, 3.05) is 7.05 Å². The van der Waals surface area contributed by atoms with Crippen LogP contribution in [0.15, 0.2) is 41.8 Å². The van der Waals surface area contributed by atoms with E-state index in [0.29, 0.717) is 18.9 Å². The molecular formula is C25H37N3O3S. The second-order valence-corrected chi connectivity index (χ2v) is 10.0. The Morgan fingerprint density at radius 1 is 1.03 bits per heavy atom. The number of urea groups is 1. The smallest absolute Gasteiger partial charge is 0.318 e. The molecule has 3 atom stereocenters. The van der Waals surface area contributed by atoms with E-state index in [-0.39, 0.29) is 17.9 Å². The lowest BCUT2D eigenvalue weighted by Gasteiger charge is -2.28. The Bertz CT molecular complexity index is 864. The van der Waals surface area contributed by atoms with Gasteiger partial charge in [-0.05, 0) is 47.8 Å². The molecule has 0 aliphatic heterocycles. The summed E-state index contributed by atoms with van der Waals surface area (Å²) in [6, 6.07) is 10.4. The standard InChI is InChI=1S/C25H37N3O3S/c1-16(2)22-13-20(15-32-22)14-28(6)25(31)27-23(17(3)4)24(30)26-21(18(5)29)12-19-10-8-7-9-11-19/h7-11,13,15-18,21,23,29H,12,14H2,1-6H3,(H,26,30)(H,27,31). The highest BCUT2D eigenvalue weighted by Gasteiger charge is 2.28. The van der Waals surface area contributed by atoms with E-state index in [1.165, 1.54) is 4.88 Å². The minimum absolute atomic E-state index is 0.104. The summed E-state index contributed by atoms with van der Waals surface area (Å²) in [5, 5.41) is 18.1. The number of rotatable bonds is 10. The maximum atomic E-state index is 13.0. The lowest BCUT2D eigenvalue weighted by Crippen LogP contribution is -2.56. The van der Waals surface area contributed by atoms with Crippen molar-refractivity contribution in [3.63, 3.8) is 0 Å². The molecule has 1 heterocycles. The highest BCUT2D eigenvalue weighted by atomic mass is 32.1. The van der Waals surface area contributed by atoms with Crippen LogP contribution in [0.4, 0.5) is 4.79 Å². The van der Waals surface area contributed by atoms with Gasteiger partial charge in [0.25, 0.3) is 0 Å². The highest BCUT2D eigenvalue weighted by Crippen LogP contribution is 2.23. The molecule has 3 amide bonds. The van der Waals surface area contributed by atoms with Gasteiger partial charge >= 0.3 is 6.03 Å². The number of carbonyl (C=O) groups is 2. The molecule has 0 spiro atoms. The van der Waals surface area contributed by atoms with Gasteiger partial charge in [-0.1, -0.05) is 58.0 Å². The fourth-order valence-electron chi connectivity index (χ4n) is 3.39. The number of hydrogen-bond donors (Lipinski definition) is 3. The molecule has 0 saturated heterocycles. The monoisotopic (exact) mass is 459 g/mol. The van der Waals surface area contributed by atoms with E-state index in [1.807, 2.05) is 44.2 Å². The van der Waals surface area contributed by atoms with Gasteiger partial charge in [0.1, 0.15) is 6.04 Å². The fourth-order valence-corrected chi connectivity index (χ4v) is 4.31. The first-order valence-corrected chi connectivity index (χ1v) is 12.1. The molecular weight excluding hydrogens is 422 g/mol. The number of benzene rings is 1. The average Bonchev–Trinajstić information content (AvgIpc) is 3.20. The maximum absolute atomic E-state index is 13.0. The molecule has 1 aromatic carbocycles. The molecule has 2 aromatic rings. The van der Waals surface area contributed by atoms with E-state index in [4.69, 9.17) is 0 Å². The van der Waals surface area contributed by atoms with Crippen molar-refractivity contribution in [2.24, 2.45) is 5.92 Å². The van der Waals surface area contributed by atoms with Crippen LogP contribution in [0, 0.1) is 5.92 Å². The van der Waals surface area contributed by atoms with Gasteiger partial charge in [0.05, 0.1) is 12.1 Å². The third-order valence-corrected chi connectivity index (χ3v) is 6.73. The van der Waals surface area contributed by atoms with E-state index in [1.54, 1.807) is 30.2 Å². The van der Waals surface area contributed by atoms with Crippen LogP contribution in [0.2, 0.25) is 0 Å². The molecule has 0 fully saturated rings. The van der Waals surface area contributed by atoms with Crippen molar-refractivity contribution in [1.82, 2.24) is 15.5 Å². The molecule has 2 rings (SSSR count). The molecule has 3 unspecified atom stereocenters. The predicted octanol–water partition coefficient (Wildman–Crippen LogP) is 4.15. The molecule has 7 heteroatoms. The van der Waals surface area contributed by atoms with Gasteiger partial charge < -0.3 is 20.6 Å². The van der Waals surface area contributed by atoms with E-state index < -0.39 is 18.2 Å². The zero-order valence-corrected chi connectivity index (χ0v) is 20.8. The summed E-state index contributed by atoms with van der Waals surface area (Å²) in [5.74, 6) is 0.0632. The maximum Gasteiger partial charge on any atom is 0.318 e. The molecule has 6 nitrogen and oxygen atoms in total. The quantitative estimate of drug-likeness (QED) is 0.499. The Morgan fingerprint density at radius 3 is 2.22 bits per heavy atom. The van der Waals surface area contributed by atoms with Crippen molar-refractivity contribution in [3.05, 3.63) is 57.8 Å². The third kappa shape index (κ3) is 7.64. The number of nitrogens with zero attached hydrogens (tertiary/aromatic N) is 1. The van der Waals surface area contributed by atoms with E-state index in [9.17, 15) is 14.7 Å². The van der Waals surface area contributed by atoms with Crippen LogP contribution in [0.1, 0.15) is 56.5 Å². The zero-order valence-electron chi connectivity index (χ0n) is 20.0. The van der Waals surface area contributed by atoms with Crippen LogP contribution in [0.25, 0.3) is 0 Å². The SMILES string of the molecule is CC(C)c1cc(CN(C)C(=O)NC(C(=O)NC(Cc2ccccc2)C(C)O)C(C)C)cs1. The largest absolute Gasteiger partial charge is 0.391 e. The normalized spacial score (nSPS) is 14.2. The Hall–Kier alpha value is -2.38. The summed E-state index contributed by atoms with van der Waals surface area (Å²) in [4.78, 5) is 28.7. The number of aliphatic hydroxyl groups is 1. The first-order valence-electron chi connectivity index (χ1n) is 11.2. The molecule has 0 aliphatic rings. The second-order valence-electron chi connectivity index (χ2n) is 9.08. The molecule has 176 valence electrons. The Balaban J connectivity index is 2.00. The molecule has 3 N–H and O–H groups in total.